The van der Waals surface area contributed by atoms with Crippen LogP contribution in [0, 0.1) is 0 Å². The Labute approximate surface area is 85.9 Å². The molecule has 80 valence electrons. The smallest absolute Gasteiger partial charge is 0.261 e. The van der Waals surface area contributed by atoms with E-state index in [1.54, 1.807) is 11.3 Å². The maximum absolute atomic E-state index is 11.6. The third kappa shape index (κ3) is 5.26. The van der Waals surface area contributed by atoms with Gasteiger partial charge in [-0.05, 0) is 11.4 Å². The quantitative estimate of drug-likeness (QED) is 0.712. The van der Waals surface area contributed by atoms with Gasteiger partial charge in [0.05, 0.1) is 6.61 Å². The number of nitrogens with one attached hydrogen (secondary N) is 1. The van der Waals surface area contributed by atoms with Crippen molar-refractivity contribution in [2.24, 2.45) is 0 Å². The molecule has 2 nitrogen and oxygen atoms in total. The highest BCUT2D eigenvalue weighted by Gasteiger charge is 2.00. The second-order valence-electron chi connectivity index (χ2n) is 2.72. The molecule has 1 aromatic rings. The first-order valence-electron chi connectivity index (χ1n) is 4.38. The van der Waals surface area contributed by atoms with E-state index in [1.165, 1.54) is 4.88 Å². The second kappa shape index (κ2) is 6.86. The average molecular weight is 221 g/mol. The van der Waals surface area contributed by atoms with Gasteiger partial charge < -0.3 is 10.1 Å². The molecule has 0 unspecified atom stereocenters. The zero-order valence-corrected chi connectivity index (χ0v) is 8.53. The summed E-state index contributed by atoms with van der Waals surface area (Å²) in [6.45, 7) is 1.23. The first-order valence-corrected chi connectivity index (χ1v) is 5.26. The molecule has 0 amide bonds. The third-order valence-corrected chi connectivity index (χ3v) is 2.42. The minimum Gasteiger partial charge on any atom is -0.374 e. The predicted molar refractivity (Wildman–Crippen MR) is 52.8 cm³/mol. The number of alkyl halides is 2. The first-order chi connectivity index (χ1) is 6.79. The van der Waals surface area contributed by atoms with Crippen LogP contribution >= 0.6 is 11.3 Å². The van der Waals surface area contributed by atoms with Gasteiger partial charge in [0.2, 0.25) is 0 Å². The number of thiophene rings is 1. The Kier molecular flexibility index (Phi) is 5.66. The second-order valence-corrected chi connectivity index (χ2v) is 3.75. The molecule has 0 atom stereocenters. The first kappa shape index (κ1) is 11.6. The van der Waals surface area contributed by atoms with Crippen molar-refractivity contribution in [3.8, 4) is 0 Å². The molecule has 0 fully saturated rings. The maximum Gasteiger partial charge on any atom is 0.261 e. The molecular formula is C9H13F2NOS. The Morgan fingerprint density at radius 2 is 2.36 bits per heavy atom. The van der Waals surface area contributed by atoms with Crippen LogP contribution in [-0.2, 0) is 11.3 Å². The van der Waals surface area contributed by atoms with Crippen LogP contribution in [0.15, 0.2) is 17.5 Å². The molecule has 0 aliphatic carbocycles. The summed E-state index contributed by atoms with van der Waals surface area (Å²) in [6, 6.07) is 4.01. The van der Waals surface area contributed by atoms with Crippen molar-refractivity contribution in [3.63, 3.8) is 0 Å². The van der Waals surface area contributed by atoms with Crippen molar-refractivity contribution >= 4 is 11.3 Å². The molecule has 0 bridgehead atoms. The van der Waals surface area contributed by atoms with Crippen molar-refractivity contribution in [3.05, 3.63) is 22.4 Å². The van der Waals surface area contributed by atoms with E-state index in [-0.39, 0.29) is 0 Å². The van der Waals surface area contributed by atoms with Gasteiger partial charge in [-0.25, -0.2) is 8.78 Å². The van der Waals surface area contributed by atoms with Gasteiger partial charge in [0, 0.05) is 18.0 Å². The van der Waals surface area contributed by atoms with E-state index in [1.807, 2.05) is 17.5 Å². The number of ether oxygens (including phenoxy) is 1. The molecule has 1 heterocycles. The lowest BCUT2D eigenvalue weighted by atomic mass is 10.4. The summed E-state index contributed by atoms with van der Waals surface area (Å²) in [5.74, 6) is 0. The predicted octanol–water partition coefficient (Wildman–Crippen LogP) is 2.12. The minimum atomic E-state index is -2.37. The zero-order chi connectivity index (χ0) is 10.2. The van der Waals surface area contributed by atoms with Crippen molar-refractivity contribution in [2.75, 3.05) is 19.8 Å². The van der Waals surface area contributed by atoms with E-state index >= 15 is 0 Å². The van der Waals surface area contributed by atoms with Gasteiger partial charge >= 0.3 is 0 Å². The average Bonchev–Trinajstić information content (AvgIpc) is 2.63. The van der Waals surface area contributed by atoms with Crippen molar-refractivity contribution < 1.29 is 13.5 Å². The van der Waals surface area contributed by atoms with Gasteiger partial charge in [-0.3, -0.25) is 0 Å². The minimum absolute atomic E-state index is 0.329. The molecule has 1 N–H and O–H groups in total. The summed E-state index contributed by atoms with van der Waals surface area (Å²) in [4.78, 5) is 1.24. The summed E-state index contributed by atoms with van der Waals surface area (Å²) in [5, 5.41) is 5.11. The van der Waals surface area contributed by atoms with Crippen molar-refractivity contribution in [2.45, 2.75) is 13.0 Å². The van der Waals surface area contributed by atoms with Gasteiger partial charge in [-0.15, -0.1) is 11.3 Å². The molecule has 0 saturated carbocycles. The standard InChI is InChI=1S/C9H13F2NOS/c10-9(11)7-13-4-3-12-6-8-2-1-5-14-8/h1-2,5,9,12H,3-4,6-7H2. The zero-order valence-electron chi connectivity index (χ0n) is 7.71. The fourth-order valence-electron chi connectivity index (χ4n) is 0.942. The van der Waals surface area contributed by atoms with Gasteiger partial charge in [-0.1, -0.05) is 6.07 Å². The van der Waals surface area contributed by atoms with Crippen LogP contribution < -0.4 is 5.32 Å². The lowest BCUT2D eigenvalue weighted by molar-refractivity contribution is 0.0187. The van der Waals surface area contributed by atoms with Crippen LogP contribution in [0.3, 0.4) is 0 Å². The Balaban J connectivity index is 1.90. The van der Waals surface area contributed by atoms with Crippen LogP contribution in [-0.4, -0.2) is 26.2 Å². The number of halogens is 2. The van der Waals surface area contributed by atoms with Crippen LogP contribution in [0.25, 0.3) is 0 Å². The molecule has 0 radical (unpaired) electrons. The summed E-state index contributed by atoms with van der Waals surface area (Å²) in [6.07, 6.45) is -2.37. The van der Waals surface area contributed by atoms with Crippen LogP contribution in [0.1, 0.15) is 4.88 Å². The topological polar surface area (TPSA) is 21.3 Å². The Morgan fingerprint density at radius 3 is 3.00 bits per heavy atom. The summed E-state index contributed by atoms with van der Waals surface area (Å²) in [5.41, 5.74) is 0. The monoisotopic (exact) mass is 221 g/mol. The molecule has 1 aromatic heterocycles. The van der Waals surface area contributed by atoms with Crippen LogP contribution in [0.4, 0.5) is 8.78 Å². The number of hydrogen-bond acceptors (Lipinski definition) is 3. The van der Waals surface area contributed by atoms with Gasteiger partial charge in [0.25, 0.3) is 6.43 Å². The molecule has 0 aliphatic heterocycles. The molecule has 0 spiro atoms. The Morgan fingerprint density at radius 1 is 1.50 bits per heavy atom. The molecule has 5 heteroatoms. The number of hydrogen-bond donors (Lipinski definition) is 1. The summed E-state index contributed by atoms with van der Waals surface area (Å²) in [7, 11) is 0. The largest absolute Gasteiger partial charge is 0.374 e. The molecular weight excluding hydrogens is 208 g/mol. The molecule has 14 heavy (non-hydrogen) atoms. The highest BCUT2D eigenvalue weighted by Crippen LogP contribution is 2.06. The van der Waals surface area contributed by atoms with Crippen LogP contribution in [0.2, 0.25) is 0 Å². The van der Waals surface area contributed by atoms with E-state index in [9.17, 15) is 8.78 Å². The molecule has 0 saturated heterocycles. The van der Waals surface area contributed by atoms with Gasteiger partial charge in [0.1, 0.15) is 6.61 Å². The highest BCUT2D eigenvalue weighted by molar-refractivity contribution is 7.09. The maximum atomic E-state index is 11.6. The normalized spacial score (nSPS) is 11.1. The van der Waals surface area contributed by atoms with E-state index in [2.05, 4.69) is 5.32 Å². The molecule has 0 aliphatic rings. The molecule has 0 aromatic carbocycles. The highest BCUT2D eigenvalue weighted by atomic mass is 32.1. The van der Waals surface area contributed by atoms with E-state index in [0.717, 1.165) is 6.54 Å². The lowest BCUT2D eigenvalue weighted by Crippen LogP contribution is -2.20. The Hall–Kier alpha value is -0.520. The number of rotatable bonds is 7. The third-order valence-electron chi connectivity index (χ3n) is 1.55. The Bertz CT molecular complexity index is 229. The van der Waals surface area contributed by atoms with Gasteiger partial charge in [0.15, 0.2) is 0 Å². The summed E-state index contributed by atoms with van der Waals surface area (Å²) < 4.78 is 28.0. The van der Waals surface area contributed by atoms with Crippen LogP contribution in [0.5, 0.6) is 0 Å². The van der Waals surface area contributed by atoms with E-state index in [4.69, 9.17) is 4.74 Å². The SMILES string of the molecule is FC(F)COCCNCc1cccs1. The van der Waals surface area contributed by atoms with Gasteiger partial charge in [-0.2, -0.15) is 0 Å². The van der Waals surface area contributed by atoms with E-state index < -0.39 is 13.0 Å². The van der Waals surface area contributed by atoms with E-state index in [0.29, 0.717) is 13.2 Å². The van der Waals surface area contributed by atoms with Crippen molar-refractivity contribution in [1.29, 1.82) is 0 Å². The van der Waals surface area contributed by atoms with Crippen molar-refractivity contribution in [1.82, 2.24) is 5.32 Å². The fourth-order valence-corrected chi connectivity index (χ4v) is 1.62. The summed E-state index contributed by atoms with van der Waals surface area (Å²) >= 11 is 1.67. The fraction of sp³-hybridized carbons (Fsp3) is 0.556. The molecule has 1 rings (SSSR count). The lowest BCUT2D eigenvalue weighted by Gasteiger charge is -2.04.